The molecule has 0 aromatic heterocycles. The number of amides is 2. The minimum Gasteiger partial charge on any atom is -0.382 e. The van der Waals surface area contributed by atoms with Crippen molar-refractivity contribution in [1.82, 2.24) is 14.9 Å². The van der Waals surface area contributed by atoms with Crippen LogP contribution in [0.5, 0.6) is 0 Å². The second-order valence-electron chi connectivity index (χ2n) is 10.5. The van der Waals surface area contributed by atoms with E-state index < -0.39 is 38.9 Å². The minimum atomic E-state index is -4.12. The van der Waals surface area contributed by atoms with Gasteiger partial charge in [-0.3, -0.25) is 9.59 Å². The lowest BCUT2D eigenvalue weighted by Crippen LogP contribution is -2.58. The number of nitrogens with one attached hydrogen (secondary N) is 2. The van der Waals surface area contributed by atoms with Gasteiger partial charge in [0.1, 0.15) is 12.1 Å². The lowest BCUT2D eigenvalue weighted by atomic mass is 9.97. The van der Waals surface area contributed by atoms with Crippen LogP contribution in [0.15, 0.2) is 83.8 Å². The summed E-state index contributed by atoms with van der Waals surface area (Å²) in [7, 11) is -4.12. The molecule has 0 radical (unpaired) electrons. The molecule has 0 saturated carbocycles. The topological polar surface area (TPSA) is 116 Å². The lowest BCUT2D eigenvalue weighted by Gasteiger charge is -2.33. The highest BCUT2D eigenvalue weighted by molar-refractivity contribution is 8.00. The van der Waals surface area contributed by atoms with Gasteiger partial charge in [0.2, 0.25) is 15.9 Å². The molecule has 2 amide bonds. The third-order valence-corrected chi connectivity index (χ3v) is 10.3. The molecule has 0 bridgehead atoms. The number of benzene rings is 3. The monoisotopic (exact) mass is 615 g/mol. The van der Waals surface area contributed by atoms with E-state index in [0.29, 0.717) is 11.6 Å². The average Bonchev–Trinajstić information content (AvgIpc) is 3.26. The highest BCUT2D eigenvalue weighted by Gasteiger charge is 2.50. The molecule has 1 heterocycles. The molecule has 11 heteroatoms. The molecule has 1 saturated heterocycles. The molecule has 1 fully saturated rings. The lowest BCUT2D eigenvalue weighted by molar-refractivity contribution is -0.147. The van der Waals surface area contributed by atoms with Gasteiger partial charge in [-0.1, -0.05) is 66.2 Å². The number of hydrogen-bond acceptors (Lipinski definition) is 6. The van der Waals surface area contributed by atoms with Gasteiger partial charge in [-0.25, -0.2) is 13.1 Å². The van der Waals surface area contributed by atoms with Crippen molar-refractivity contribution in [2.75, 3.05) is 5.88 Å². The summed E-state index contributed by atoms with van der Waals surface area (Å²) in [5.74, 6) is -0.892. The maximum Gasteiger partial charge on any atom is 0.254 e. The Balaban J connectivity index is 1.57. The minimum absolute atomic E-state index is 0.0501. The number of aryl methyl sites for hydroxylation is 1. The predicted octanol–water partition coefficient (Wildman–Crippen LogP) is 3.90. The number of nitrogens with zero attached hydrogens (tertiary/aromatic N) is 1. The van der Waals surface area contributed by atoms with Gasteiger partial charge in [-0.2, -0.15) is 0 Å². The van der Waals surface area contributed by atoms with Crippen molar-refractivity contribution < 1.29 is 23.1 Å². The highest BCUT2D eigenvalue weighted by Crippen LogP contribution is 2.40. The molecule has 3 aromatic carbocycles. The van der Waals surface area contributed by atoms with Crippen molar-refractivity contribution in [3.8, 4) is 0 Å². The first-order chi connectivity index (χ1) is 19.4. The normalized spacial score (nSPS) is 18.1. The Hall–Kier alpha value is -2.89. The molecule has 8 nitrogen and oxygen atoms in total. The molecule has 1 aliphatic heterocycles. The van der Waals surface area contributed by atoms with Gasteiger partial charge < -0.3 is 15.3 Å². The zero-order valence-electron chi connectivity index (χ0n) is 23.1. The van der Waals surface area contributed by atoms with Gasteiger partial charge in [0, 0.05) is 16.3 Å². The maximum atomic E-state index is 13.8. The van der Waals surface area contributed by atoms with E-state index in [1.807, 2.05) is 51.1 Å². The van der Waals surface area contributed by atoms with Crippen LogP contribution in [0.4, 0.5) is 0 Å². The quantitative estimate of drug-likeness (QED) is 0.319. The van der Waals surface area contributed by atoms with Crippen LogP contribution in [0.1, 0.15) is 30.5 Å². The van der Waals surface area contributed by atoms with Crippen molar-refractivity contribution in [3.63, 3.8) is 0 Å². The van der Waals surface area contributed by atoms with E-state index in [4.69, 9.17) is 11.6 Å². The van der Waals surface area contributed by atoms with Gasteiger partial charge in [0.05, 0.1) is 16.8 Å². The third-order valence-electron chi connectivity index (χ3n) is 7.15. The maximum absolute atomic E-state index is 13.8. The summed E-state index contributed by atoms with van der Waals surface area (Å²) in [6, 6.07) is 20.2. The molecule has 0 spiro atoms. The van der Waals surface area contributed by atoms with E-state index in [1.165, 1.54) is 40.9 Å². The average molecular weight is 616 g/mol. The number of rotatable bonds is 10. The highest BCUT2D eigenvalue weighted by atomic mass is 35.5. The predicted molar refractivity (Wildman–Crippen MR) is 162 cm³/mol. The van der Waals surface area contributed by atoms with Crippen molar-refractivity contribution >= 4 is 45.2 Å². The largest absolute Gasteiger partial charge is 0.382 e. The van der Waals surface area contributed by atoms with E-state index in [2.05, 4.69) is 10.0 Å². The van der Waals surface area contributed by atoms with Crippen LogP contribution < -0.4 is 10.0 Å². The summed E-state index contributed by atoms with van der Waals surface area (Å²) in [4.78, 5) is 28.6. The Morgan fingerprint density at radius 3 is 2.34 bits per heavy atom. The van der Waals surface area contributed by atoms with Crippen LogP contribution in [0, 0.1) is 6.92 Å². The smallest absolute Gasteiger partial charge is 0.254 e. The van der Waals surface area contributed by atoms with E-state index in [0.717, 1.165) is 16.7 Å². The van der Waals surface area contributed by atoms with Crippen LogP contribution in [0.2, 0.25) is 5.02 Å². The zero-order chi connectivity index (χ0) is 29.8. The van der Waals surface area contributed by atoms with Crippen LogP contribution >= 0.6 is 23.4 Å². The summed E-state index contributed by atoms with van der Waals surface area (Å²) >= 11 is 7.35. The van der Waals surface area contributed by atoms with Gasteiger partial charge in [-0.05, 0) is 68.1 Å². The fourth-order valence-electron chi connectivity index (χ4n) is 4.81. The standard InChI is InChI=1S/C30H34ClN3O5S2/c1-20-9-7-8-12-22(20)18-32-28(36)27-30(2,3)40-19-34(27)29(37)26(35)25(17-21-10-5-4-6-11-21)33-41(38,39)24-15-13-23(31)14-16-24/h4-16,25-27,33,35H,17-19H2,1-3H3,(H,32,36). The SMILES string of the molecule is Cc1ccccc1CNC(=O)C1N(C(=O)C(O)C(Cc2ccccc2)NS(=O)(=O)c2ccc(Cl)cc2)CSC1(C)C. The number of thioether (sulfide) groups is 1. The molecule has 41 heavy (non-hydrogen) atoms. The summed E-state index contributed by atoms with van der Waals surface area (Å²) in [6.07, 6.45) is -1.70. The van der Waals surface area contributed by atoms with Crippen molar-refractivity contribution in [1.29, 1.82) is 0 Å². The number of carbonyl (C=O) groups is 2. The Morgan fingerprint density at radius 1 is 1.05 bits per heavy atom. The van der Waals surface area contributed by atoms with Crippen molar-refractivity contribution in [3.05, 3.63) is 101 Å². The van der Waals surface area contributed by atoms with E-state index in [1.54, 1.807) is 24.3 Å². The molecular formula is C30H34ClN3O5S2. The summed E-state index contributed by atoms with van der Waals surface area (Å²) in [5, 5.41) is 14.7. The van der Waals surface area contributed by atoms with Gasteiger partial charge in [0.15, 0.2) is 0 Å². The van der Waals surface area contributed by atoms with Crippen molar-refractivity contribution in [2.45, 2.75) is 61.6 Å². The Bertz CT molecular complexity index is 1480. The number of sulfonamides is 1. The summed E-state index contributed by atoms with van der Waals surface area (Å²) < 4.78 is 28.4. The Morgan fingerprint density at radius 2 is 1.68 bits per heavy atom. The molecule has 1 aliphatic rings. The molecule has 3 atom stereocenters. The molecule has 0 aliphatic carbocycles. The Kier molecular flexibility index (Phi) is 9.81. The van der Waals surface area contributed by atoms with E-state index >= 15 is 0 Å². The first-order valence-electron chi connectivity index (χ1n) is 13.2. The number of aliphatic hydroxyl groups excluding tert-OH is 1. The molecule has 4 rings (SSSR count). The molecule has 218 valence electrons. The van der Waals surface area contributed by atoms with Crippen LogP contribution in [0.3, 0.4) is 0 Å². The van der Waals surface area contributed by atoms with Gasteiger partial charge >= 0.3 is 0 Å². The van der Waals surface area contributed by atoms with E-state index in [9.17, 15) is 23.1 Å². The Labute approximate surface area is 250 Å². The van der Waals surface area contributed by atoms with Crippen LogP contribution in [-0.4, -0.2) is 59.1 Å². The second kappa shape index (κ2) is 13.0. The fourth-order valence-corrected chi connectivity index (χ4v) is 7.32. The third kappa shape index (κ3) is 7.50. The molecule has 3 unspecified atom stereocenters. The second-order valence-corrected chi connectivity index (χ2v) is 14.3. The summed E-state index contributed by atoms with van der Waals surface area (Å²) in [5.41, 5.74) is 2.72. The fraction of sp³-hybridized carbons (Fsp3) is 0.333. The first-order valence-corrected chi connectivity index (χ1v) is 16.0. The molecular weight excluding hydrogens is 582 g/mol. The first kappa shape index (κ1) is 31.1. The van der Waals surface area contributed by atoms with Crippen molar-refractivity contribution in [2.24, 2.45) is 0 Å². The summed E-state index contributed by atoms with van der Waals surface area (Å²) in [6.45, 7) is 6.01. The molecule has 3 N–H and O–H groups in total. The van der Waals surface area contributed by atoms with Crippen LogP contribution in [0.25, 0.3) is 0 Å². The van der Waals surface area contributed by atoms with E-state index in [-0.39, 0.29) is 23.1 Å². The van der Waals surface area contributed by atoms with Crippen LogP contribution in [-0.2, 0) is 32.6 Å². The number of hydrogen-bond donors (Lipinski definition) is 3. The zero-order valence-corrected chi connectivity index (χ0v) is 25.5. The number of aliphatic hydroxyl groups is 1. The van der Waals surface area contributed by atoms with Gasteiger partial charge in [-0.15, -0.1) is 11.8 Å². The number of halogens is 1. The number of carbonyl (C=O) groups excluding carboxylic acids is 2. The molecule has 3 aromatic rings. The van der Waals surface area contributed by atoms with Gasteiger partial charge in [0.25, 0.3) is 5.91 Å².